The van der Waals surface area contributed by atoms with E-state index in [0.29, 0.717) is 13.0 Å². The van der Waals surface area contributed by atoms with Crippen LogP contribution < -0.4 is 0 Å². The molecule has 1 atom stereocenters. The summed E-state index contributed by atoms with van der Waals surface area (Å²) in [5.74, 6) is 2.74. The van der Waals surface area contributed by atoms with Crippen LogP contribution in [0.3, 0.4) is 0 Å². The maximum Gasteiger partial charge on any atom is 0.305 e. The summed E-state index contributed by atoms with van der Waals surface area (Å²) in [6.45, 7) is 13.7. The predicted octanol–water partition coefficient (Wildman–Crippen LogP) is 16.7. The van der Waals surface area contributed by atoms with Crippen molar-refractivity contribution in [3.63, 3.8) is 0 Å². The largest absolute Gasteiger partial charge is 0.483 e. The molecule has 340 valence electrons. The van der Waals surface area contributed by atoms with E-state index in [4.69, 9.17) is 14.6 Å². The van der Waals surface area contributed by atoms with Gasteiger partial charge in [0.1, 0.15) is 0 Å². The van der Waals surface area contributed by atoms with Gasteiger partial charge in [-0.1, -0.05) is 240 Å². The highest BCUT2D eigenvalue weighted by Crippen LogP contribution is 2.27. The second-order valence-electron chi connectivity index (χ2n) is 18.5. The SMILES string of the molecule is CCCCCC(CCCCC)CCCCCCCCCC(CCCCCCCC(=O)OCCC(CCCCC)CCCCC)CCCCCN1CCCC1.O=CO. The molecule has 1 rings (SSSR count). The molecule has 1 unspecified atom stereocenters. The van der Waals surface area contributed by atoms with E-state index in [1.807, 2.05) is 0 Å². The second kappa shape index (κ2) is 46.0. The van der Waals surface area contributed by atoms with Crippen molar-refractivity contribution >= 4 is 12.4 Å². The van der Waals surface area contributed by atoms with E-state index in [1.165, 1.54) is 251 Å². The first kappa shape index (κ1) is 55.9. The molecule has 1 heterocycles. The van der Waals surface area contributed by atoms with E-state index in [-0.39, 0.29) is 12.4 Å². The van der Waals surface area contributed by atoms with Crippen LogP contribution >= 0.6 is 0 Å². The summed E-state index contributed by atoms with van der Waals surface area (Å²) < 4.78 is 5.70. The van der Waals surface area contributed by atoms with Crippen LogP contribution in [0.15, 0.2) is 0 Å². The number of ether oxygens (including phenoxy) is 1. The lowest BCUT2D eigenvalue weighted by molar-refractivity contribution is -0.144. The summed E-state index contributed by atoms with van der Waals surface area (Å²) in [5.41, 5.74) is 0. The number of nitrogens with zero attached hydrogens (tertiary/aromatic N) is 1. The zero-order valence-electron chi connectivity index (χ0n) is 39.3. The zero-order chi connectivity index (χ0) is 41.7. The van der Waals surface area contributed by atoms with Gasteiger partial charge in [0, 0.05) is 6.42 Å². The molecular formula is C52H103NO4. The smallest absolute Gasteiger partial charge is 0.305 e. The molecule has 57 heavy (non-hydrogen) atoms. The van der Waals surface area contributed by atoms with Crippen molar-refractivity contribution in [3.05, 3.63) is 0 Å². The van der Waals surface area contributed by atoms with E-state index in [0.717, 1.165) is 30.6 Å². The molecule has 5 nitrogen and oxygen atoms in total. The number of hydrogen-bond acceptors (Lipinski definition) is 4. The molecule has 1 saturated heterocycles. The minimum atomic E-state index is -0.250. The fourth-order valence-electron chi connectivity index (χ4n) is 9.38. The van der Waals surface area contributed by atoms with Gasteiger partial charge in [-0.2, -0.15) is 0 Å². The lowest BCUT2D eigenvalue weighted by atomic mass is 9.89. The molecular weight excluding hydrogens is 703 g/mol. The second-order valence-corrected chi connectivity index (χ2v) is 18.5. The van der Waals surface area contributed by atoms with Crippen molar-refractivity contribution < 1.29 is 19.4 Å². The van der Waals surface area contributed by atoms with E-state index in [2.05, 4.69) is 32.6 Å². The molecule has 1 fully saturated rings. The predicted molar refractivity (Wildman–Crippen MR) is 249 cm³/mol. The Morgan fingerprint density at radius 3 is 1.14 bits per heavy atom. The number of likely N-dealkylation sites (tertiary alicyclic amines) is 1. The Morgan fingerprint density at radius 2 is 0.772 bits per heavy atom. The van der Waals surface area contributed by atoms with Crippen LogP contribution in [0, 0.1) is 17.8 Å². The molecule has 0 saturated carbocycles. The highest BCUT2D eigenvalue weighted by atomic mass is 16.5. The lowest BCUT2D eigenvalue weighted by Gasteiger charge is -2.18. The quantitative estimate of drug-likeness (QED) is 0.0378. The first-order valence-electron chi connectivity index (χ1n) is 26.0. The van der Waals surface area contributed by atoms with Crippen molar-refractivity contribution in [1.82, 2.24) is 4.90 Å². The summed E-state index contributed by atoms with van der Waals surface area (Å²) in [6, 6.07) is 0. The standard InChI is InChI=1S/C51H101NO2.CH2O2/c1-5-9-22-34-48(35-23-10-6-2)38-26-17-14-13-15-18-27-39-49(41-29-21-31-44-52-45-32-33-46-52)40-28-19-16-20-30-42-51(53)54-47-43-50(36-24-11-7-3)37-25-12-8-4;2-1-3/h48-50H,5-47H2,1-4H3;1H,(H,2,3). The van der Waals surface area contributed by atoms with E-state index in [1.54, 1.807) is 0 Å². The van der Waals surface area contributed by atoms with E-state index in [9.17, 15) is 4.79 Å². The number of rotatable bonds is 43. The van der Waals surface area contributed by atoms with E-state index >= 15 is 0 Å². The highest BCUT2D eigenvalue weighted by Gasteiger charge is 2.14. The van der Waals surface area contributed by atoms with Gasteiger partial charge in [-0.3, -0.25) is 9.59 Å². The van der Waals surface area contributed by atoms with Crippen LogP contribution in [-0.2, 0) is 14.3 Å². The molecule has 0 spiro atoms. The number of esters is 1. The van der Waals surface area contributed by atoms with Gasteiger partial charge >= 0.3 is 5.97 Å². The van der Waals surface area contributed by atoms with Crippen molar-refractivity contribution in [2.24, 2.45) is 17.8 Å². The summed E-state index contributed by atoms with van der Waals surface area (Å²) >= 11 is 0. The van der Waals surface area contributed by atoms with Gasteiger partial charge in [0.15, 0.2) is 0 Å². The number of carbonyl (C=O) groups is 2. The number of hydrogen-bond donors (Lipinski definition) is 1. The average Bonchev–Trinajstić information content (AvgIpc) is 3.73. The van der Waals surface area contributed by atoms with Crippen LogP contribution in [0.25, 0.3) is 0 Å². The van der Waals surface area contributed by atoms with Crippen LogP contribution in [0.4, 0.5) is 0 Å². The van der Waals surface area contributed by atoms with Crippen molar-refractivity contribution in [1.29, 1.82) is 0 Å². The number of carboxylic acid groups (broad SMARTS) is 1. The maximum absolute atomic E-state index is 12.4. The van der Waals surface area contributed by atoms with Gasteiger partial charge in [-0.15, -0.1) is 0 Å². The summed E-state index contributed by atoms with van der Waals surface area (Å²) in [7, 11) is 0. The summed E-state index contributed by atoms with van der Waals surface area (Å²) in [4.78, 5) is 23.5. The summed E-state index contributed by atoms with van der Waals surface area (Å²) in [6.07, 6.45) is 53.2. The van der Waals surface area contributed by atoms with Crippen LogP contribution in [0.5, 0.6) is 0 Å². The Labute approximate surface area is 357 Å². The molecule has 1 aliphatic rings. The third-order valence-corrected chi connectivity index (χ3v) is 13.2. The highest BCUT2D eigenvalue weighted by molar-refractivity contribution is 5.69. The Morgan fingerprint density at radius 1 is 0.474 bits per heavy atom. The minimum Gasteiger partial charge on any atom is -0.483 e. The van der Waals surface area contributed by atoms with Gasteiger partial charge in [0.05, 0.1) is 6.61 Å². The van der Waals surface area contributed by atoms with Crippen LogP contribution in [-0.4, -0.2) is 48.7 Å². The lowest BCUT2D eigenvalue weighted by Crippen LogP contribution is -2.20. The van der Waals surface area contributed by atoms with Gasteiger partial charge in [-0.05, 0) is 69.5 Å². The Hall–Kier alpha value is -1.10. The number of carbonyl (C=O) groups excluding carboxylic acids is 1. The molecule has 5 heteroatoms. The van der Waals surface area contributed by atoms with Crippen molar-refractivity contribution in [2.75, 3.05) is 26.2 Å². The Balaban J connectivity index is 0.0000101. The topological polar surface area (TPSA) is 66.8 Å². The average molecular weight is 806 g/mol. The molecule has 0 aromatic rings. The third kappa shape index (κ3) is 40.1. The normalized spacial score (nSPS) is 13.6. The van der Waals surface area contributed by atoms with Gasteiger partial charge < -0.3 is 14.7 Å². The molecule has 1 N–H and O–H groups in total. The maximum atomic E-state index is 12.4. The molecule has 0 aromatic carbocycles. The molecule has 0 aromatic heterocycles. The van der Waals surface area contributed by atoms with Gasteiger partial charge in [-0.25, -0.2) is 0 Å². The molecule has 0 radical (unpaired) electrons. The van der Waals surface area contributed by atoms with Gasteiger partial charge in [0.25, 0.3) is 6.47 Å². The summed E-state index contributed by atoms with van der Waals surface area (Å²) in [5, 5.41) is 6.89. The fourth-order valence-corrected chi connectivity index (χ4v) is 9.38. The first-order chi connectivity index (χ1) is 28.0. The third-order valence-electron chi connectivity index (χ3n) is 13.2. The minimum absolute atomic E-state index is 0.0462. The fraction of sp³-hybridized carbons (Fsp3) is 0.962. The van der Waals surface area contributed by atoms with Crippen LogP contribution in [0.1, 0.15) is 278 Å². The monoisotopic (exact) mass is 806 g/mol. The molecule has 0 amide bonds. The first-order valence-corrected chi connectivity index (χ1v) is 26.0. The van der Waals surface area contributed by atoms with Crippen molar-refractivity contribution in [3.8, 4) is 0 Å². The van der Waals surface area contributed by atoms with E-state index < -0.39 is 0 Å². The molecule has 0 aliphatic carbocycles. The zero-order valence-corrected chi connectivity index (χ0v) is 39.3. The molecule has 0 bridgehead atoms. The molecule has 1 aliphatic heterocycles. The number of unbranched alkanes of at least 4 members (excludes halogenated alkanes) is 20. The Kier molecular flexibility index (Phi) is 45.1. The van der Waals surface area contributed by atoms with Crippen LogP contribution in [0.2, 0.25) is 0 Å². The Bertz CT molecular complexity index is 779. The van der Waals surface area contributed by atoms with Gasteiger partial charge in [0.2, 0.25) is 0 Å². The van der Waals surface area contributed by atoms with Crippen molar-refractivity contribution in [2.45, 2.75) is 278 Å².